The van der Waals surface area contributed by atoms with E-state index in [9.17, 15) is 8.42 Å². The van der Waals surface area contributed by atoms with Crippen LogP contribution in [0.25, 0.3) is 11.1 Å². The topological polar surface area (TPSA) is 67.6 Å². The molecule has 0 unspecified atom stereocenters. The molecule has 19 heavy (non-hydrogen) atoms. The van der Waals surface area contributed by atoms with Gasteiger partial charge in [0.05, 0.1) is 23.7 Å². The van der Waals surface area contributed by atoms with Crippen molar-refractivity contribution in [1.82, 2.24) is 18.9 Å². The maximum atomic E-state index is 11.5. The van der Waals surface area contributed by atoms with Crippen LogP contribution in [0.4, 0.5) is 0 Å². The Bertz CT molecular complexity index is 748. The molecule has 0 radical (unpaired) electrons. The Labute approximate surface area is 111 Å². The fourth-order valence-electron chi connectivity index (χ4n) is 2.29. The third kappa shape index (κ3) is 2.26. The van der Waals surface area contributed by atoms with E-state index in [1.807, 2.05) is 22.7 Å². The van der Waals surface area contributed by atoms with Gasteiger partial charge in [-0.1, -0.05) is 6.08 Å². The van der Waals surface area contributed by atoms with Crippen LogP contribution in [0.15, 0.2) is 30.7 Å². The number of nitrogens with zero attached hydrogens (tertiary/aromatic N) is 4. The quantitative estimate of drug-likeness (QED) is 0.814. The van der Waals surface area contributed by atoms with Gasteiger partial charge in [0.2, 0.25) is 10.0 Å². The summed E-state index contributed by atoms with van der Waals surface area (Å²) in [5, 5.41) is 4.22. The van der Waals surface area contributed by atoms with E-state index >= 15 is 0 Å². The Kier molecular flexibility index (Phi) is 2.87. The number of fused-ring (bicyclic) bond motifs is 1. The van der Waals surface area contributed by atoms with Crippen molar-refractivity contribution in [1.29, 1.82) is 0 Å². The highest BCUT2D eigenvalue weighted by atomic mass is 32.2. The zero-order valence-corrected chi connectivity index (χ0v) is 11.3. The standard InChI is InChI=1S/C12H14N4O2S/c1-19(17,18)15-6-4-10(5-7-15)12-3-2-11-8-13-9-14-16(11)12/h2-4,8-9H,5-7H2,1H3. The smallest absolute Gasteiger partial charge is 0.211 e. The van der Waals surface area contributed by atoms with Gasteiger partial charge >= 0.3 is 0 Å². The van der Waals surface area contributed by atoms with Crippen LogP contribution in [0.3, 0.4) is 0 Å². The summed E-state index contributed by atoms with van der Waals surface area (Å²) in [5.74, 6) is 0. The molecule has 3 rings (SSSR count). The highest BCUT2D eigenvalue weighted by Crippen LogP contribution is 2.24. The number of sulfonamides is 1. The fourth-order valence-corrected chi connectivity index (χ4v) is 3.06. The molecule has 100 valence electrons. The molecule has 0 atom stereocenters. The predicted molar refractivity (Wildman–Crippen MR) is 72.0 cm³/mol. The average Bonchev–Trinajstić information content (AvgIpc) is 2.82. The second-order valence-corrected chi connectivity index (χ2v) is 6.55. The van der Waals surface area contributed by atoms with Crippen molar-refractivity contribution >= 4 is 21.1 Å². The molecule has 0 bridgehead atoms. The van der Waals surface area contributed by atoms with Gasteiger partial charge < -0.3 is 0 Å². The van der Waals surface area contributed by atoms with Gasteiger partial charge in [0, 0.05) is 13.1 Å². The highest BCUT2D eigenvalue weighted by molar-refractivity contribution is 7.88. The lowest BCUT2D eigenvalue weighted by atomic mass is 10.1. The summed E-state index contributed by atoms with van der Waals surface area (Å²) in [6.45, 7) is 0.940. The van der Waals surface area contributed by atoms with Crippen LogP contribution in [0.5, 0.6) is 0 Å². The van der Waals surface area contributed by atoms with E-state index in [-0.39, 0.29) is 0 Å². The summed E-state index contributed by atoms with van der Waals surface area (Å²) in [4.78, 5) is 3.98. The molecule has 2 aromatic heterocycles. The van der Waals surface area contributed by atoms with Crippen LogP contribution in [0.2, 0.25) is 0 Å². The SMILES string of the molecule is CS(=O)(=O)N1CC=C(c2ccc3cncnn23)CC1. The average molecular weight is 278 g/mol. The molecule has 1 aliphatic rings. The van der Waals surface area contributed by atoms with Gasteiger partial charge in [-0.15, -0.1) is 0 Å². The summed E-state index contributed by atoms with van der Waals surface area (Å²) < 4.78 is 26.2. The number of aromatic nitrogens is 3. The minimum absolute atomic E-state index is 0.423. The minimum atomic E-state index is -3.10. The predicted octanol–water partition coefficient (Wildman–Crippen LogP) is 0.778. The Hall–Kier alpha value is -1.73. The van der Waals surface area contributed by atoms with E-state index in [0.29, 0.717) is 19.5 Å². The first-order valence-corrected chi connectivity index (χ1v) is 7.83. The first-order valence-electron chi connectivity index (χ1n) is 5.98. The monoisotopic (exact) mass is 278 g/mol. The summed E-state index contributed by atoms with van der Waals surface area (Å²) in [6, 6.07) is 3.95. The number of rotatable bonds is 2. The maximum absolute atomic E-state index is 11.5. The van der Waals surface area contributed by atoms with Crippen molar-refractivity contribution in [2.24, 2.45) is 0 Å². The van der Waals surface area contributed by atoms with Gasteiger partial charge in [0.25, 0.3) is 0 Å². The van der Waals surface area contributed by atoms with Gasteiger partial charge in [0.1, 0.15) is 6.33 Å². The normalized spacial score (nSPS) is 17.6. The Morgan fingerprint density at radius 2 is 2.16 bits per heavy atom. The van der Waals surface area contributed by atoms with E-state index in [1.54, 1.807) is 6.20 Å². The molecule has 7 heteroatoms. The second kappa shape index (κ2) is 4.43. The van der Waals surface area contributed by atoms with Gasteiger partial charge in [-0.05, 0) is 24.1 Å². The lowest BCUT2D eigenvalue weighted by molar-refractivity contribution is 0.445. The van der Waals surface area contributed by atoms with Crippen LogP contribution < -0.4 is 0 Å². The molecular formula is C12H14N4O2S. The van der Waals surface area contributed by atoms with Gasteiger partial charge in [0.15, 0.2) is 0 Å². The van der Waals surface area contributed by atoms with E-state index in [2.05, 4.69) is 10.1 Å². The maximum Gasteiger partial charge on any atom is 0.211 e. The van der Waals surface area contributed by atoms with Crippen molar-refractivity contribution in [3.63, 3.8) is 0 Å². The lowest BCUT2D eigenvalue weighted by Gasteiger charge is -2.23. The number of hydrogen-bond acceptors (Lipinski definition) is 4. The molecule has 0 aliphatic carbocycles. The number of hydrogen-bond donors (Lipinski definition) is 0. The summed E-state index contributed by atoms with van der Waals surface area (Å²) >= 11 is 0. The molecular weight excluding hydrogens is 264 g/mol. The highest BCUT2D eigenvalue weighted by Gasteiger charge is 2.21. The first kappa shape index (κ1) is 12.3. The molecule has 6 nitrogen and oxygen atoms in total. The Morgan fingerprint density at radius 1 is 1.32 bits per heavy atom. The molecule has 0 N–H and O–H groups in total. The lowest BCUT2D eigenvalue weighted by Crippen LogP contribution is -2.33. The summed E-state index contributed by atoms with van der Waals surface area (Å²) in [7, 11) is -3.10. The molecule has 2 aromatic rings. The van der Waals surface area contributed by atoms with E-state index in [1.165, 1.54) is 16.9 Å². The van der Waals surface area contributed by atoms with E-state index in [0.717, 1.165) is 16.8 Å². The molecule has 0 aromatic carbocycles. The molecule has 0 fully saturated rings. The van der Waals surface area contributed by atoms with Crippen molar-refractivity contribution in [3.8, 4) is 0 Å². The zero-order valence-electron chi connectivity index (χ0n) is 10.5. The zero-order chi connectivity index (χ0) is 13.5. The van der Waals surface area contributed by atoms with Crippen molar-refractivity contribution in [2.45, 2.75) is 6.42 Å². The van der Waals surface area contributed by atoms with Gasteiger partial charge in [-0.25, -0.2) is 17.9 Å². The van der Waals surface area contributed by atoms with Gasteiger partial charge in [-0.2, -0.15) is 9.40 Å². The van der Waals surface area contributed by atoms with Crippen molar-refractivity contribution in [2.75, 3.05) is 19.3 Å². The Morgan fingerprint density at radius 3 is 2.84 bits per heavy atom. The fraction of sp³-hybridized carbons (Fsp3) is 0.333. The third-order valence-corrected chi connectivity index (χ3v) is 4.56. The molecule has 0 saturated carbocycles. The molecule has 0 amide bonds. The van der Waals surface area contributed by atoms with Crippen LogP contribution in [0.1, 0.15) is 12.1 Å². The molecule has 1 aliphatic heterocycles. The van der Waals surface area contributed by atoms with Crippen LogP contribution in [-0.2, 0) is 10.0 Å². The van der Waals surface area contributed by atoms with E-state index < -0.39 is 10.0 Å². The first-order chi connectivity index (χ1) is 9.05. The minimum Gasteiger partial charge on any atom is -0.241 e. The van der Waals surface area contributed by atoms with E-state index in [4.69, 9.17) is 0 Å². The van der Waals surface area contributed by atoms with Gasteiger partial charge in [-0.3, -0.25) is 0 Å². The molecule has 3 heterocycles. The molecule has 0 saturated heterocycles. The van der Waals surface area contributed by atoms with Crippen molar-refractivity contribution < 1.29 is 8.42 Å². The summed E-state index contributed by atoms with van der Waals surface area (Å²) in [5.41, 5.74) is 3.06. The largest absolute Gasteiger partial charge is 0.241 e. The summed E-state index contributed by atoms with van der Waals surface area (Å²) in [6.07, 6.45) is 7.15. The third-order valence-electron chi connectivity index (χ3n) is 3.30. The van der Waals surface area contributed by atoms with Crippen LogP contribution in [-0.4, -0.2) is 46.7 Å². The van der Waals surface area contributed by atoms with Crippen LogP contribution in [0, 0.1) is 0 Å². The molecule has 0 spiro atoms. The Balaban J connectivity index is 1.94. The van der Waals surface area contributed by atoms with Crippen molar-refractivity contribution in [3.05, 3.63) is 36.4 Å². The van der Waals surface area contributed by atoms with Crippen LogP contribution >= 0.6 is 0 Å². The second-order valence-electron chi connectivity index (χ2n) is 4.56.